The number of hydrogen-bond acceptors (Lipinski definition) is 4. The van der Waals surface area contributed by atoms with Crippen molar-refractivity contribution in [1.29, 1.82) is 0 Å². The molecule has 0 saturated carbocycles. The van der Waals surface area contributed by atoms with Crippen LogP contribution in [0.25, 0.3) is 0 Å². The molecule has 7 heteroatoms. The number of carbonyl (C=O) groups is 1. The van der Waals surface area contributed by atoms with Crippen LogP contribution in [0.1, 0.15) is 6.42 Å². The Morgan fingerprint density at radius 1 is 1.56 bits per heavy atom. The molecule has 1 aromatic carbocycles. The molecule has 1 saturated heterocycles. The molecule has 4 nitrogen and oxygen atoms in total. The maximum Gasteiger partial charge on any atom is 0.271 e. The maximum absolute atomic E-state index is 13.5. The number of rotatable bonds is 3. The molecule has 1 heterocycles. The van der Waals surface area contributed by atoms with Crippen LogP contribution >= 0.6 is 27.7 Å². The van der Waals surface area contributed by atoms with Crippen LogP contribution < -0.4 is 10.9 Å². The van der Waals surface area contributed by atoms with Gasteiger partial charge in [0.05, 0.1) is 5.69 Å². The van der Waals surface area contributed by atoms with Crippen molar-refractivity contribution in [3.8, 4) is 0 Å². The van der Waals surface area contributed by atoms with Crippen molar-refractivity contribution in [2.24, 2.45) is 0 Å². The zero-order valence-electron chi connectivity index (χ0n) is 9.37. The lowest BCUT2D eigenvalue weighted by atomic mass is 10.0. The number of hydrazine groups is 1. The first-order valence-electron chi connectivity index (χ1n) is 5.33. The number of hydrogen-bond donors (Lipinski definition) is 3. The average Bonchev–Trinajstić information content (AvgIpc) is 2.76. The molecule has 18 heavy (non-hydrogen) atoms. The summed E-state index contributed by atoms with van der Waals surface area (Å²) in [4.78, 5) is 11.7. The molecule has 0 radical (unpaired) electrons. The van der Waals surface area contributed by atoms with Crippen LogP contribution in [0.4, 0.5) is 10.1 Å². The van der Waals surface area contributed by atoms with Gasteiger partial charge in [0, 0.05) is 10.2 Å². The fraction of sp³-hybridized carbons (Fsp3) is 0.364. The fourth-order valence-corrected chi connectivity index (χ4v) is 3.14. The Kier molecular flexibility index (Phi) is 4.14. The maximum atomic E-state index is 13.5. The molecule has 1 aliphatic rings. The smallest absolute Gasteiger partial charge is 0.271 e. The van der Waals surface area contributed by atoms with Gasteiger partial charge in [-0.1, -0.05) is 15.9 Å². The van der Waals surface area contributed by atoms with Gasteiger partial charge in [0.25, 0.3) is 5.91 Å². The zero-order valence-corrected chi connectivity index (χ0v) is 11.8. The number of benzene rings is 1. The van der Waals surface area contributed by atoms with E-state index in [-0.39, 0.29) is 5.69 Å². The van der Waals surface area contributed by atoms with E-state index in [1.807, 2.05) is 0 Å². The second-order valence-electron chi connectivity index (χ2n) is 4.04. The minimum absolute atomic E-state index is 0.154. The molecular formula is C11H12BrFN2O2S. The van der Waals surface area contributed by atoms with E-state index in [4.69, 9.17) is 0 Å². The van der Waals surface area contributed by atoms with Gasteiger partial charge in [0.15, 0.2) is 5.60 Å². The summed E-state index contributed by atoms with van der Waals surface area (Å²) >= 11 is 4.66. The lowest BCUT2D eigenvalue weighted by molar-refractivity contribution is -0.136. The topological polar surface area (TPSA) is 61.4 Å². The van der Waals surface area contributed by atoms with E-state index < -0.39 is 17.3 Å². The predicted octanol–water partition coefficient (Wildman–Crippen LogP) is 1.90. The Hall–Kier alpha value is -0.790. The SMILES string of the molecule is O=C(NNc1ccc(Br)cc1F)C1(O)CCSC1. The third-order valence-electron chi connectivity index (χ3n) is 2.67. The molecule has 1 fully saturated rings. The number of thioether (sulfide) groups is 1. The third kappa shape index (κ3) is 2.96. The molecule has 1 aromatic rings. The molecule has 3 N–H and O–H groups in total. The van der Waals surface area contributed by atoms with Crippen molar-refractivity contribution in [1.82, 2.24) is 5.43 Å². The highest BCUT2D eigenvalue weighted by atomic mass is 79.9. The first-order chi connectivity index (χ1) is 8.51. The second-order valence-corrected chi connectivity index (χ2v) is 6.06. The largest absolute Gasteiger partial charge is 0.379 e. The van der Waals surface area contributed by atoms with E-state index >= 15 is 0 Å². The molecule has 1 aliphatic heterocycles. The third-order valence-corrected chi connectivity index (χ3v) is 4.33. The number of halogens is 2. The fourth-order valence-electron chi connectivity index (χ4n) is 1.56. The molecule has 0 bridgehead atoms. The van der Waals surface area contributed by atoms with Gasteiger partial charge in [-0.15, -0.1) is 0 Å². The molecule has 2 rings (SSSR count). The zero-order chi connectivity index (χ0) is 13.2. The van der Waals surface area contributed by atoms with Crippen LogP contribution in [0.2, 0.25) is 0 Å². The summed E-state index contributed by atoms with van der Waals surface area (Å²) in [6.07, 6.45) is 0.411. The van der Waals surface area contributed by atoms with E-state index in [0.29, 0.717) is 16.6 Å². The average molecular weight is 335 g/mol. The van der Waals surface area contributed by atoms with Crippen molar-refractivity contribution in [3.63, 3.8) is 0 Å². The van der Waals surface area contributed by atoms with Gasteiger partial charge in [0.2, 0.25) is 0 Å². The molecule has 1 amide bonds. The Balaban J connectivity index is 1.97. The molecule has 98 valence electrons. The monoisotopic (exact) mass is 334 g/mol. The number of carbonyl (C=O) groups excluding carboxylic acids is 1. The summed E-state index contributed by atoms with van der Waals surface area (Å²) < 4.78 is 14.1. The summed E-state index contributed by atoms with van der Waals surface area (Å²) in [6.45, 7) is 0. The quantitative estimate of drug-likeness (QED) is 0.739. The summed E-state index contributed by atoms with van der Waals surface area (Å²) in [5, 5.41) is 9.98. The van der Waals surface area contributed by atoms with E-state index in [1.165, 1.54) is 23.9 Å². The van der Waals surface area contributed by atoms with Crippen molar-refractivity contribution in [2.75, 3.05) is 16.9 Å². The first-order valence-corrected chi connectivity index (χ1v) is 7.28. The van der Waals surface area contributed by atoms with E-state index in [2.05, 4.69) is 26.8 Å². The molecular weight excluding hydrogens is 323 g/mol. The minimum Gasteiger partial charge on any atom is -0.379 e. The summed E-state index contributed by atoms with van der Waals surface area (Å²) in [6, 6.07) is 4.43. The van der Waals surface area contributed by atoms with Crippen LogP contribution in [0.15, 0.2) is 22.7 Å². The van der Waals surface area contributed by atoms with E-state index in [9.17, 15) is 14.3 Å². The van der Waals surface area contributed by atoms with Crippen LogP contribution in [0.5, 0.6) is 0 Å². The second kappa shape index (κ2) is 5.46. The van der Waals surface area contributed by atoms with Crippen molar-refractivity contribution < 1.29 is 14.3 Å². The van der Waals surface area contributed by atoms with Gasteiger partial charge in [-0.3, -0.25) is 15.6 Å². The van der Waals surface area contributed by atoms with Crippen molar-refractivity contribution in [2.45, 2.75) is 12.0 Å². The highest BCUT2D eigenvalue weighted by Gasteiger charge is 2.39. The Bertz CT molecular complexity index is 466. The summed E-state index contributed by atoms with van der Waals surface area (Å²) in [5.74, 6) is 0.0900. The highest BCUT2D eigenvalue weighted by molar-refractivity contribution is 9.10. The lowest BCUT2D eigenvalue weighted by Gasteiger charge is -2.20. The van der Waals surface area contributed by atoms with E-state index in [0.717, 1.165) is 5.75 Å². The van der Waals surface area contributed by atoms with Gasteiger partial charge >= 0.3 is 0 Å². The van der Waals surface area contributed by atoms with Gasteiger partial charge in [-0.25, -0.2) is 4.39 Å². The standard InChI is InChI=1S/C11H12BrFN2O2S/c12-7-1-2-9(8(13)5-7)14-15-10(16)11(17)3-4-18-6-11/h1-2,5,14,17H,3-4,6H2,(H,15,16). The molecule has 0 aromatic heterocycles. The van der Waals surface area contributed by atoms with Crippen molar-refractivity contribution >= 4 is 39.3 Å². The number of amides is 1. The normalized spacial score (nSPS) is 22.8. The van der Waals surface area contributed by atoms with Crippen molar-refractivity contribution in [3.05, 3.63) is 28.5 Å². The van der Waals surface area contributed by atoms with Crippen LogP contribution in [-0.2, 0) is 4.79 Å². The molecule has 0 spiro atoms. The number of aliphatic hydroxyl groups is 1. The minimum atomic E-state index is -1.36. The predicted molar refractivity (Wildman–Crippen MR) is 72.8 cm³/mol. The van der Waals surface area contributed by atoms with Gasteiger partial charge in [-0.2, -0.15) is 11.8 Å². The lowest BCUT2D eigenvalue weighted by Crippen LogP contribution is -2.49. The van der Waals surface area contributed by atoms with Gasteiger partial charge in [0.1, 0.15) is 5.82 Å². The summed E-state index contributed by atoms with van der Waals surface area (Å²) in [7, 11) is 0. The molecule has 1 unspecified atom stereocenters. The highest BCUT2D eigenvalue weighted by Crippen LogP contribution is 2.28. The van der Waals surface area contributed by atoms with Crippen LogP contribution in [0.3, 0.4) is 0 Å². The Morgan fingerprint density at radius 2 is 2.33 bits per heavy atom. The number of nitrogens with one attached hydrogen (secondary N) is 2. The van der Waals surface area contributed by atoms with Gasteiger partial charge in [-0.05, 0) is 30.4 Å². The van der Waals surface area contributed by atoms with E-state index in [1.54, 1.807) is 6.07 Å². The Morgan fingerprint density at radius 3 is 2.94 bits per heavy atom. The molecule has 0 aliphatic carbocycles. The number of anilines is 1. The summed E-state index contributed by atoms with van der Waals surface area (Å²) in [5.41, 5.74) is 3.61. The van der Waals surface area contributed by atoms with Crippen LogP contribution in [-0.4, -0.2) is 28.1 Å². The van der Waals surface area contributed by atoms with Crippen LogP contribution in [0, 0.1) is 5.82 Å². The van der Waals surface area contributed by atoms with Gasteiger partial charge < -0.3 is 5.11 Å². The first kappa shape index (κ1) is 13.6. The molecule has 1 atom stereocenters. The Labute approximate surface area is 116 Å².